The van der Waals surface area contributed by atoms with Crippen LogP contribution in [-0.4, -0.2) is 18.8 Å². The summed E-state index contributed by atoms with van der Waals surface area (Å²) in [4.78, 5) is 12.1. The molecule has 4 nitrogen and oxygen atoms in total. The van der Waals surface area contributed by atoms with Gasteiger partial charge in [-0.2, -0.15) is 5.26 Å². The van der Waals surface area contributed by atoms with Crippen LogP contribution in [0.4, 0.5) is 0 Å². The smallest absolute Gasteiger partial charge is 0.264 e. The van der Waals surface area contributed by atoms with Crippen LogP contribution < -0.4 is 10.1 Å². The van der Waals surface area contributed by atoms with Gasteiger partial charge in [-0.15, -0.1) is 11.8 Å². The van der Waals surface area contributed by atoms with Crippen molar-refractivity contribution in [2.24, 2.45) is 0 Å². The molecule has 116 valence electrons. The molecule has 0 radical (unpaired) electrons. The fraction of sp³-hybridized carbons (Fsp3) is 0.375. The van der Waals surface area contributed by atoms with Gasteiger partial charge in [-0.25, -0.2) is 0 Å². The average Bonchev–Trinajstić information content (AvgIpc) is 2.55. The van der Waals surface area contributed by atoms with E-state index in [9.17, 15) is 10.1 Å². The highest BCUT2D eigenvalue weighted by atomic mass is 32.2. The van der Waals surface area contributed by atoms with Gasteiger partial charge in [0.2, 0.25) is 0 Å². The van der Waals surface area contributed by atoms with E-state index >= 15 is 0 Å². The first-order chi connectivity index (χ1) is 10.7. The number of hydrogen-bond acceptors (Lipinski definition) is 5. The molecular formula is C16H18N2O2S2. The molecule has 0 saturated heterocycles. The number of unbranched alkanes of at least 4 members (excludes halogenated alkanes) is 1. The molecule has 1 N–H and O–H groups in total. The van der Waals surface area contributed by atoms with Gasteiger partial charge in [0, 0.05) is 0 Å². The van der Waals surface area contributed by atoms with Crippen LogP contribution in [0.25, 0.3) is 0 Å². The van der Waals surface area contributed by atoms with Crippen LogP contribution in [0.3, 0.4) is 0 Å². The molecule has 1 atom stereocenters. The summed E-state index contributed by atoms with van der Waals surface area (Å²) in [5, 5.41) is 11.9. The van der Waals surface area contributed by atoms with Gasteiger partial charge in [-0.05, 0) is 29.9 Å². The van der Waals surface area contributed by atoms with Crippen LogP contribution >= 0.6 is 23.5 Å². The SMILES string of the molecule is CCCCSC1=C(C#N)C(=O)NC(c2ccc(OC)cc2)S1. The third kappa shape index (κ3) is 3.99. The monoisotopic (exact) mass is 334 g/mol. The molecule has 1 aromatic rings. The second kappa shape index (κ2) is 8.16. The molecular weight excluding hydrogens is 316 g/mol. The first-order valence-corrected chi connectivity index (χ1v) is 8.94. The summed E-state index contributed by atoms with van der Waals surface area (Å²) in [6, 6.07) is 9.63. The Labute approximate surface area is 139 Å². The van der Waals surface area contributed by atoms with Crippen molar-refractivity contribution in [1.82, 2.24) is 5.32 Å². The second-order valence-electron chi connectivity index (χ2n) is 4.72. The summed E-state index contributed by atoms with van der Waals surface area (Å²) in [6.07, 6.45) is 2.17. The van der Waals surface area contributed by atoms with Crippen LogP contribution in [0.2, 0.25) is 0 Å². The van der Waals surface area contributed by atoms with E-state index < -0.39 is 0 Å². The number of nitrogens with one attached hydrogen (secondary N) is 1. The van der Waals surface area contributed by atoms with Crippen molar-refractivity contribution < 1.29 is 9.53 Å². The lowest BCUT2D eigenvalue weighted by molar-refractivity contribution is -0.117. The predicted octanol–water partition coefficient (Wildman–Crippen LogP) is 3.83. The number of nitriles is 1. The third-order valence-electron chi connectivity index (χ3n) is 3.18. The average molecular weight is 334 g/mol. The molecule has 1 aliphatic heterocycles. The van der Waals surface area contributed by atoms with E-state index in [0.29, 0.717) is 0 Å². The van der Waals surface area contributed by atoms with E-state index in [-0.39, 0.29) is 16.9 Å². The fourth-order valence-electron chi connectivity index (χ4n) is 1.92. The van der Waals surface area contributed by atoms with Gasteiger partial charge in [0.15, 0.2) is 0 Å². The number of ether oxygens (including phenoxy) is 1. The molecule has 1 amide bonds. The van der Waals surface area contributed by atoms with Crippen LogP contribution in [0.5, 0.6) is 5.75 Å². The van der Waals surface area contributed by atoms with Crippen molar-refractivity contribution in [2.75, 3.05) is 12.9 Å². The lowest BCUT2D eigenvalue weighted by atomic mass is 10.2. The third-order valence-corrected chi connectivity index (χ3v) is 5.82. The molecule has 1 unspecified atom stereocenters. The maximum absolute atomic E-state index is 12.1. The zero-order valence-electron chi connectivity index (χ0n) is 12.6. The molecule has 1 heterocycles. The minimum atomic E-state index is -0.291. The summed E-state index contributed by atoms with van der Waals surface area (Å²) in [5.41, 5.74) is 1.22. The van der Waals surface area contributed by atoms with Gasteiger partial charge < -0.3 is 10.1 Å². The minimum Gasteiger partial charge on any atom is -0.497 e. The van der Waals surface area contributed by atoms with Crippen molar-refractivity contribution >= 4 is 29.4 Å². The number of thioether (sulfide) groups is 2. The van der Waals surface area contributed by atoms with Gasteiger partial charge in [-0.3, -0.25) is 4.79 Å². The second-order valence-corrected chi connectivity index (χ2v) is 7.20. The molecule has 0 spiro atoms. The number of hydrogen-bond donors (Lipinski definition) is 1. The Hall–Kier alpha value is -1.58. The molecule has 0 saturated carbocycles. The van der Waals surface area contributed by atoms with E-state index in [4.69, 9.17) is 4.74 Å². The van der Waals surface area contributed by atoms with Crippen molar-refractivity contribution in [3.8, 4) is 11.8 Å². The van der Waals surface area contributed by atoms with Crippen LogP contribution in [0.1, 0.15) is 30.7 Å². The molecule has 0 aliphatic carbocycles. The summed E-state index contributed by atoms with van der Waals surface area (Å²) in [5.74, 6) is 1.41. The highest BCUT2D eigenvalue weighted by molar-refractivity contribution is 8.22. The predicted molar refractivity (Wildman–Crippen MR) is 91.5 cm³/mol. The number of nitrogens with zero attached hydrogens (tertiary/aromatic N) is 1. The summed E-state index contributed by atoms with van der Waals surface area (Å²) in [7, 11) is 1.62. The Morgan fingerprint density at radius 1 is 1.41 bits per heavy atom. The lowest BCUT2D eigenvalue weighted by Crippen LogP contribution is -2.31. The van der Waals surface area contributed by atoms with E-state index in [0.717, 1.165) is 34.1 Å². The largest absolute Gasteiger partial charge is 0.497 e. The van der Waals surface area contributed by atoms with Crippen molar-refractivity contribution in [2.45, 2.75) is 25.1 Å². The van der Waals surface area contributed by atoms with Gasteiger partial charge in [0.25, 0.3) is 5.91 Å². The summed E-state index contributed by atoms with van der Waals surface area (Å²) >= 11 is 3.13. The van der Waals surface area contributed by atoms with E-state index in [2.05, 4.69) is 12.2 Å². The lowest BCUT2D eigenvalue weighted by Gasteiger charge is -2.25. The maximum Gasteiger partial charge on any atom is 0.264 e. The molecule has 1 aromatic carbocycles. The molecule has 2 rings (SSSR count). The van der Waals surface area contributed by atoms with Gasteiger partial charge in [-0.1, -0.05) is 37.2 Å². The van der Waals surface area contributed by atoms with Crippen LogP contribution in [0.15, 0.2) is 34.1 Å². The highest BCUT2D eigenvalue weighted by Crippen LogP contribution is 2.44. The highest BCUT2D eigenvalue weighted by Gasteiger charge is 2.28. The summed E-state index contributed by atoms with van der Waals surface area (Å²) in [6.45, 7) is 2.13. The van der Waals surface area contributed by atoms with Gasteiger partial charge >= 0.3 is 0 Å². The van der Waals surface area contributed by atoms with Gasteiger partial charge in [0.05, 0.1) is 11.3 Å². The Bertz CT molecular complexity index is 606. The molecule has 1 aliphatic rings. The number of carbonyl (C=O) groups is 1. The summed E-state index contributed by atoms with van der Waals surface area (Å²) < 4.78 is 5.97. The quantitative estimate of drug-likeness (QED) is 0.801. The molecule has 6 heteroatoms. The molecule has 0 bridgehead atoms. The Balaban J connectivity index is 2.17. The van der Waals surface area contributed by atoms with Crippen molar-refractivity contribution in [3.63, 3.8) is 0 Å². The van der Waals surface area contributed by atoms with E-state index in [1.807, 2.05) is 30.3 Å². The van der Waals surface area contributed by atoms with Gasteiger partial charge in [0.1, 0.15) is 22.8 Å². The molecule has 22 heavy (non-hydrogen) atoms. The number of carbonyl (C=O) groups excluding carboxylic acids is 1. The Kier molecular flexibility index (Phi) is 6.22. The minimum absolute atomic E-state index is 0.167. The maximum atomic E-state index is 12.1. The fourth-order valence-corrected chi connectivity index (χ4v) is 4.56. The Morgan fingerprint density at radius 2 is 2.14 bits per heavy atom. The normalized spacial score (nSPS) is 17.9. The van der Waals surface area contributed by atoms with Crippen molar-refractivity contribution in [3.05, 3.63) is 39.6 Å². The van der Waals surface area contributed by atoms with Crippen LogP contribution in [0, 0.1) is 11.3 Å². The molecule has 0 fully saturated rings. The zero-order valence-corrected chi connectivity index (χ0v) is 14.2. The first-order valence-electron chi connectivity index (χ1n) is 7.08. The number of benzene rings is 1. The topological polar surface area (TPSA) is 62.1 Å². The zero-order chi connectivity index (χ0) is 15.9. The Morgan fingerprint density at radius 3 is 2.73 bits per heavy atom. The molecule has 0 aromatic heterocycles. The number of amides is 1. The standard InChI is InChI=1S/C16H18N2O2S2/c1-3-4-9-21-16-13(10-17)14(19)18-15(22-16)11-5-7-12(20-2)8-6-11/h5-8,15H,3-4,9H2,1-2H3,(H,18,19). The van der Waals surface area contributed by atoms with E-state index in [1.165, 1.54) is 11.8 Å². The van der Waals surface area contributed by atoms with E-state index in [1.54, 1.807) is 18.9 Å². The van der Waals surface area contributed by atoms with Crippen LogP contribution in [-0.2, 0) is 4.79 Å². The number of rotatable bonds is 6. The first kappa shape index (κ1) is 16.8. The van der Waals surface area contributed by atoms with Crippen molar-refractivity contribution in [1.29, 1.82) is 5.26 Å². The number of methoxy groups -OCH3 is 1.